The van der Waals surface area contributed by atoms with Gasteiger partial charge in [0, 0.05) is 50.4 Å². The van der Waals surface area contributed by atoms with Crippen LogP contribution in [0, 0.1) is 0 Å². The molecular formula is C23H27N3O2. The summed E-state index contributed by atoms with van der Waals surface area (Å²) in [5.74, 6) is 0.108. The molecule has 0 bridgehead atoms. The molecule has 0 radical (unpaired) electrons. The van der Waals surface area contributed by atoms with Crippen LogP contribution < -0.4 is 5.32 Å². The van der Waals surface area contributed by atoms with Crippen LogP contribution >= 0.6 is 0 Å². The van der Waals surface area contributed by atoms with Crippen molar-refractivity contribution in [3.63, 3.8) is 0 Å². The summed E-state index contributed by atoms with van der Waals surface area (Å²) in [4.78, 5) is 31.6. The van der Waals surface area contributed by atoms with E-state index < -0.39 is 0 Å². The minimum Gasteiger partial charge on any atom is -0.333 e. The summed E-state index contributed by atoms with van der Waals surface area (Å²) in [6.45, 7) is 2.16. The molecule has 28 heavy (non-hydrogen) atoms. The Morgan fingerprint density at radius 1 is 1.11 bits per heavy atom. The van der Waals surface area contributed by atoms with Crippen molar-refractivity contribution in [2.24, 2.45) is 0 Å². The van der Waals surface area contributed by atoms with Gasteiger partial charge in [0.25, 0.3) is 0 Å². The van der Waals surface area contributed by atoms with Gasteiger partial charge in [-0.3, -0.25) is 14.6 Å². The van der Waals surface area contributed by atoms with Gasteiger partial charge < -0.3 is 10.2 Å². The number of pyridine rings is 1. The summed E-state index contributed by atoms with van der Waals surface area (Å²) >= 11 is 0. The highest BCUT2D eigenvalue weighted by molar-refractivity contribution is 5.98. The van der Waals surface area contributed by atoms with Gasteiger partial charge in [-0.15, -0.1) is 0 Å². The SMILES string of the molecule is O=C(CCC(=O)N1CCNCC1c1cccnc1)c1ccc2c(c1)CCCC2. The number of nitrogens with zero attached hydrogens (tertiary/aromatic N) is 2. The fourth-order valence-electron chi connectivity index (χ4n) is 4.29. The Kier molecular flexibility index (Phi) is 5.81. The number of benzene rings is 1. The predicted molar refractivity (Wildman–Crippen MR) is 108 cm³/mol. The Morgan fingerprint density at radius 2 is 1.96 bits per heavy atom. The molecule has 1 amide bonds. The van der Waals surface area contributed by atoms with E-state index in [1.165, 1.54) is 24.0 Å². The summed E-state index contributed by atoms with van der Waals surface area (Å²) in [5, 5.41) is 3.35. The quantitative estimate of drug-likeness (QED) is 0.814. The maximum absolute atomic E-state index is 12.9. The standard InChI is InChI=1S/C23H27N3O2/c27-22(19-8-7-17-4-1-2-5-18(17)14-19)9-10-23(28)26-13-12-25-16-21(26)20-6-3-11-24-15-20/h3,6-8,11,14-15,21,25H,1-2,4-5,9-10,12-13,16H2. The van der Waals surface area contributed by atoms with Gasteiger partial charge in [-0.05, 0) is 54.5 Å². The van der Waals surface area contributed by atoms with Crippen LogP contribution in [-0.4, -0.2) is 41.2 Å². The smallest absolute Gasteiger partial charge is 0.223 e. The Morgan fingerprint density at radius 3 is 2.79 bits per heavy atom. The van der Waals surface area contributed by atoms with Gasteiger partial charge in [0.15, 0.2) is 5.78 Å². The molecule has 1 aromatic heterocycles. The third kappa shape index (κ3) is 4.14. The van der Waals surface area contributed by atoms with Crippen LogP contribution in [0.2, 0.25) is 0 Å². The van der Waals surface area contributed by atoms with E-state index in [2.05, 4.69) is 16.4 Å². The third-order valence-electron chi connectivity index (χ3n) is 5.87. The first kappa shape index (κ1) is 18.8. The molecule has 1 fully saturated rings. The van der Waals surface area contributed by atoms with Crippen LogP contribution in [0.4, 0.5) is 0 Å². The van der Waals surface area contributed by atoms with Gasteiger partial charge >= 0.3 is 0 Å². The lowest BCUT2D eigenvalue weighted by atomic mass is 9.89. The summed E-state index contributed by atoms with van der Waals surface area (Å²) in [6.07, 6.45) is 8.68. The number of rotatable bonds is 5. The number of amides is 1. The van der Waals surface area contributed by atoms with Gasteiger partial charge in [0.05, 0.1) is 6.04 Å². The van der Waals surface area contributed by atoms with Crippen LogP contribution in [0.1, 0.15) is 58.8 Å². The van der Waals surface area contributed by atoms with E-state index >= 15 is 0 Å². The molecule has 2 aliphatic rings. The Hall–Kier alpha value is -2.53. The molecule has 1 N–H and O–H groups in total. The maximum Gasteiger partial charge on any atom is 0.223 e. The zero-order chi connectivity index (χ0) is 19.3. The third-order valence-corrected chi connectivity index (χ3v) is 5.87. The normalized spacial score (nSPS) is 19.1. The van der Waals surface area contributed by atoms with Crippen molar-refractivity contribution < 1.29 is 9.59 Å². The van der Waals surface area contributed by atoms with Crippen molar-refractivity contribution in [1.29, 1.82) is 0 Å². The second-order valence-corrected chi connectivity index (χ2v) is 7.71. The topological polar surface area (TPSA) is 62.3 Å². The van der Waals surface area contributed by atoms with E-state index in [4.69, 9.17) is 0 Å². The molecule has 4 rings (SSSR count). The molecule has 0 spiro atoms. The lowest BCUT2D eigenvalue weighted by molar-refractivity contribution is -0.134. The van der Waals surface area contributed by atoms with Crippen molar-refractivity contribution in [3.05, 3.63) is 65.0 Å². The fraction of sp³-hybridized carbons (Fsp3) is 0.435. The number of hydrogen-bond donors (Lipinski definition) is 1. The second kappa shape index (κ2) is 8.65. The number of carbonyl (C=O) groups excluding carboxylic acids is 2. The summed E-state index contributed by atoms with van der Waals surface area (Å²) < 4.78 is 0. The number of hydrogen-bond acceptors (Lipinski definition) is 4. The number of fused-ring (bicyclic) bond motifs is 1. The Bertz CT molecular complexity index is 850. The first-order valence-electron chi connectivity index (χ1n) is 10.3. The van der Waals surface area contributed by atoms with Crippen molar-refractivity contribution >= 4 is 11.7 Å². The van der Waals surface area contributed by atoms with E-state index in [1.54, 1.807) is 6.20 Å². The second-order valence-electron chi connectivity index (χ2n) is 7.71. The van der Waals surface area contributed by atoms with Gasteiger partial charge in [-0.2, -0.15) is 0 Å². The molecule has 5 nitrogen and oxygen atoms in total. The molecular weight excluding hydrogens is 350 g/mol. The van der Waals surface area contributed by atoms with Crippen LogP contribution in [0.5, 0.6) is 0 Å². The molecule has 1 aliphatic carbocycles. The first-order chi connectivity index (χ1) is 13.7. The minimum absolute atomic E-state index is 0.0196. The molecule has 1 atom stereocenters. The summed E-state index contributed by atoms with van der Waals surface area (Å²) in [7, 11) is 0. The molecule has 1 aliphatic heterocycles. The number of aryl methyl sites for hydroxylation is 2. The molecule has 0 saturated carbocycles. The zero-order valence-corrected chi connectivity index (χ0v) is 16.2. The zero-order valence-electron chi connectivity index (χ0n) is 16.2. The van der Waals surface area contributed by atoms with Gasteiger partial charge in [-0.1, -0.05) is 18.2 Å². The van der Waals surface area contributed by atoms with Crippen LogP contribution in [0.15, 0.2) is 42.7 Å². The molecule has 146 valence electrons. The number of aromatic nitrogens is 1. The number of carbonyl (C=O) groups is 2. The molecule has 5 heteroatoms. The van der Waals surface area contributed by atoms with Crippen molar-refractivity contribution in [2.45, 2.75) is 44.6 Å². The number of piperazine rings is 1. The predicted octanol–water partition coefficient (Wildman–Crippen LogP) is 3.10. The number of ketones is 1. The van der Waals surface area contributed by atoms with E-state index in [9.17, 15) is 9.59 Å². The maximum atomic E-state index is 12.9. The lowest BCUT2D eigenvalue weighted by Crippen LogP contribution is -2.48. The largest absolute Gasteiger partial charge is 0.333 e. The lowest BCUT2D eigenvalue weighted by Gasteiger charge is -2.36. The number of nitrogens with one attached hydrogen (secondary N) is 1. The van der Waals surface area contributed by atoms with Gasteiger partial charge in [-0.25, -0.2) is 0 Å². The van der Waals surface area contributed by atoms with E-state index in [0.29, 0.717) is 6.54 Å². The Labute approximate surface area is 166 Å². The summed E-state index contributed by atoms with van der Waals surface area (Å²) in [5.41, 5.74) is 4.46. The molecule has 2 aromatic rings. The molecule has 2 heterocycles. The minimum atomic E-state index is -0.0196. The Balaban J connectivity index is 1.39. The highest BCUT2D eigenvalue weighted by atomic mass is 16.2. The molecule has 1 aromatic carbocycles. The van der Waals surface area contributed by atoms with E-state index in [0.717, 1.165) is 37.1 Å². The fourth-order valence-corrected chi connectivity index (χ4v) is 4.29. The highest BCUT2D eigenvalue weighted by Crippen LogP contribution is 2.24. The van der Waals surface area contributed by atoms with E-state index in [1.807, 2.05) is 35.4 Å². The molecule has 1 unspecified atom stereocenters. The van der Waals surface area contributed by atoms with Crippen molar-refractivity contribution in [2.75, 3.05) is 19.6 Å². The van der Waals surface area contributed by atoms with Gasteiger partial charge in [0.2, 0.25) is 5.91 Å². The monoisotopic (exact) mass is 377 g/mol. The average Bonchev–Trinajstić information content (AvgIpc) is 2.77. The average molecular weight is 377 g/mol. The summed E-state index contributed by atoms with van der Waals surface area (Å²) in [6, 6.07) is 9.95. The van der Waals surface area contributed by atoms with Crippen LogP contribution in [0.25, 0.3) is 0 Å². The highest BCUT2D eigenvalue weighted by Gasteiger charge is 2.28. The number of Topliss-reactive ketones (excluding diaryl/α,β-unsaturated/α-hetero) is 1. The van der Waals surface area contributed by atoms with Crippen molar-refractivity contribution in [3.8, 4) is 0 Å². The molecule has 1 saturated heterocycles. The van der Waals surface area contributed by atoms with Crippen LogP contribution in [0.3, 0.4) is 0 Å². The van der Waals surface area contributed by atoms with Gasteiger partial charge in [0.1, 0.15) is 0 Å². The first-order valence-corrected chi connectivity index (χ1v) is 10.3. The van der Waals surface area contributed by atoms with Crippen molar-refractivity contribution in [1.82, 2.24) is 15.2 Å². The van der Waals surface area contributed by atoms with Crippen LogP contribution in [-0.2, 0) is 17.6 Å². The van der Waals surface area contributed by atoms with E-state index in [-0.39, 0.29) is 30.6 Å².